The summed E-state index contributed by atoms with van der Waals surface area (Å²) in [5.74, 6) is 0.299. The maximum Gasteiger partial charge on any atom is 0.0792 e. The minimum Gasteiger partial charge on any atom is -0.388 e. The average molecular weight is 160 g/mol. The summed E-state index contributed by atoms with van der Waals surface area (Å²) in [6.45, 7) is 2.05. The zero-order valence-corrected chi connectivity index (χ0v) is 7.07. The molecule has 0 fully saturated rings. The van der Waals surface area contributed by atoms with Crippen LogP contribution in [0.25, 0.3) is 5.57 Å². The lowest BCUT2D eigenvalue weighted by Crippen LogP contribution is -2.26. The molecular weight excluding hydrogens is 148 g/mol. The van der Waals surface area contributed by atoms with Crippen molar-refractivity contribution in [3.05, 3.63) is 42.0 Å². The first-order chi connectivity index (χ1) is 5.79. The third-order valence-corrected chi connectivity index (χ3v) is 2.46. The van der Waals surface area contributed by atoms with Crippen molar-refractivity contribution in [1.29, 1.82) is 0 Å². The number of rotatable bonds is 1. The van der Waals surface area contributed by atoms with Gasteiger partial charge in [0.15, 0.2) is 0 Å². The van der Waals surface area contributed by atoms with Crippen LogP contribution in [0, 0.1) is 5.92 Å². The van der Waals surface area contributed by atoms with Gasteiger partial charge in [-0.1, -0.05) is 43.3 Å². The van der Waals surface area contributed by atoms with E-state index in [1.165, 1.54) is 11.1 Å². The Morgan fingerprint density at radius 2 is 1.83 bits per heavy atom. The van der Waals surface area contributed by atoms with Crippen LogP contribution in [0.4, 0.5) is 0 Å². The molecule has 0 aliphatic heterocycles. The molecular formula is C11H12O. The molecule has 2 atom stereocenters. The highest BCUT2D eigenvalue weighted by Crippen LogP contribution is 2.34. The third kappa shape index (κ3) is 1.07. The normalized spacial score (nSPS) is 27.7. The molecule has 1 aromatic rings. The van der Waals surface area contributed by atoms with E-state index < -0.39 is 0 Å². The van der Waals surface area contributed by atoms with Crippen LogP contribution in [0.2, 0.25) is 0 Å². The first-order valence-corrected chi connectivity index (χ1v) is 4.24. The standard InChI is InChI=1S/C11H12O/c1-8-10(7-11(8)12)9-5-3-2-4-6-9/h2-8,11-12H,1H3. The van der Waals surface area contributed by atoms with Gasteiger partial charge in [-0.2, -0.15) is 0 Å². The van der Waals surface area contributed by atoms with E-state index in [0.29, 0.717) is 5.92 Å². The summed E-state index contributed by atoms with van der Waals surface area (Å²) in [7, 11) is 0. The fraction of sp³-hybridized carbons (Fsp3) is 0.273. The Bertz CT molecular complexity index is 300. The van der Waals surface area contributed by atoms with Crippen LogP contribution >= 0.6 is 0 Å². The SMILES string of the molecule is CC1C(c2ccccc2)=CC1O. The highest BCUT2D eigenvalue weighted by atomic mass is 16.3. The summed E-state index contributed by atoms with van der Waals surface area (Å²) in [6, 6.07) is 10.2. The van der Waals surface area contributed by atoms with Crippen molar-refractivity contribution in [2.24, 2.45) is 5.92 Å². The first-order valence-electron chi connectivity index (χ1n) is 4.24. The average Bonchev–Trinajstić information content (AvgIpc) is 2.15. The van der Waals surface area contributed by atoms with Crippen LogP contribution in [0.3, 0.4) is 0 Å². The van der Waals surface area contributed by atoms with Gasteiger partial charge in [-0.05, 0) is 11.1 Å². The Morgan fingerprint density at radius 1 is 1.17 bits per heavy atom. The van der Waals surface area contributed by atoms with Gasteiger partial charge in [-0.25, -0.2) is 0 Å². The molecule has 0 heterocycles. The molecule has 2 rings (SSSR count). The topological polar surface area (TPSA) is 20.2 Å². The molecule has 0 bridgehead atoms. The molecule has 0 saturated carbocycles. The summed E-state index contributed by atoms with van der Waals surface area (Å²) in [4.78, 5) is 0. The molecule has 1 aliphatic carbocycles. The van der Waals surface area contributed by atoms with Gasteiger partial charge in [0.05, 0.1) is 6.10 Å². The van der Waals surface area contributed by atoms with Gasteiger partial charge in [-0.3, -0.25) is 0 Å². The highest BCUT2D eigenvalue weighted by Gasteiger charge is 2.26. The van der Waals surface area contributed by atoms with E-state index in [0.717, 1.165) is 0 Å². The second kappa shape index (κ2) is 2.76. The fourth-order valence-corrected chi connectivity index (χ4v) is 1.54. The zero-order valence-electron chi connectivity index (χ0n) is 7.07. The quantitative estimate of drug-likeness (QED) is 0.667. The summed E-state index contributed by atoms with van der Waals surface area (Å²) in [5.41, 5.74) is 2.50. The Kier molecular flexibility index (Phi) is 1.74. The van der Waals surface area contributed by atoms with Gasteiger partial charge in [0.2, 0.25) is 0 Å². The lowest BCUT2D eigenvalue weighted by Gasteiger charge is -2.29. The largest absolute Gasteiger partial charge is 0.388 e. The van der Waals surface area contributed by atoms with E-state index in [1.807, 2.05) is 31.2 Å². The number of aliphatic hydroxyl groups excluding tert-OH is 1. The van der Waals surface area contributed by atoms with Crippen molar-refractivity contribution in [2.45, 2.75) is 13.0 Å². The Balaban J connectivity index is 2.29. The van der Waals surface area contributed by atoms with Crippen LogP contribution in [-0.4, -0.2) is 11.2 Å². The minimum absolute atomic E-state index is 0.236. The minimum atomic E-state index is -0.236. The van der Waals surface area contributed by atoms with Crippen molar-refractivity contribution in [1.82, 2.24) is 0 Å². The van der Waals surface area contributed by atoms with Crippen molar-refractivity contribution >= 4 is 5.57 Å². The van der Waals surface area contributed by atoms with Gasteiger partial charge < -0.3 is 5.11 Å². The van der Waals surface area contributed by atoms with E-state index in [2.05, 4.69) is 12.1 Å². The molecule has 1 aliphatic rings. The smallest absolute Gasteiger partial charge is 0.0792 e. The molecule has 0 radical (unpaired) electrons. The lowest BCUT2D eigenvalue weighted by atomic mass is 9.79. The van der Waals surface area contributed by atoms with E-state index in [1.54, 1.807) is 0 Å². The lowest BCUT2D eigenvalue weighted by molar-refractivity contribution is 0.171. The van der Waals surface area contributed by atoms with Crippen LogP contribution in [0.1, 0.15) is 12.5 Å². The molecule has 0 saturated heterocycles. The maximum atomic E-state index is 9.27. The van der Waals surface area contributed by atoms with E-state index in [4.69, 9.17) is 0 Å². The predicted octanol–water partition coefficient (Wildman–Crippen LogP) is 2.08. The molecule has 0 spiro atoms. The van der Waals surface area contributed by atoms with Crippen LogP contribution < -0.4 is 0 Å². The summed E-state index contributed by atoms with van der Waals surface area (Å²) >= 11 is 0. The monoisotopic (exact) mass is 160 g/mol. The molecule has 1 nitrogen and oxygen atoms in total. The summed E-state index contributed by atoms with van der Waals surface area (Å²) < 4.78 is 0. The predicted molar refractivity (Wildman–Crippen MR) is 49.6 cm³/mol. The van der Waals surface area contributed by atoms with Gasteiger partial charge >= 0.3 is 0 Å². The fourth-order valence-electron chi connectivity index (χ4n) is 1.54. The molecule has 0 aromatic heterocycles. The summed E-state index contributed by atoms with van der Waals surface area (Å²) in [6.07, 6.45) is 1.68. The molecule has 2 unspecified atom stereocenters. The molecule has 62 valence electrons. The number of aliphatic hydroxyl groups is 1. The number of benzene rings is 1. The van der Waals surface area contributed by atoms with Crippen LogP contribution in [-0.2, 0) is 0 Å². The van der Waals surface area contributed by atoms with Crippen LogP contribution in [0.5, 0.6) is 0 Å². The van der Waals surface area contributed by atoms with Gasteiger partial charge in [0.1, 0.15) is 0 Å². The molecule has 1 aromatic carbocycles. The van der Waals surface area contributed by atoms with Crippen molar-refractivity contribution in [3.63, 3.8) is 0 Å². The zero-order chi connectivity index (χ0) is 8.55. The third-order valence-electron chi connectivity index (χ3n) is 2.46. The first kappa shape index (κ1) is 7.56. The van der Waals surface area contributed by atoms with Crippen LogP contribution in [0.15, 0.2) is 36.4 Å². The Labute approximate surface area is 72.4 Å². The second-order valence-electron chi connectivity index (χ2n) is 3.27. The number of hydrogen-bond donors (Lipinski definition) is 1. The molecule has 1 N–H and O–H groups in total. The van der Waals surface area contributed by atoms with E-state index in [9.17, 15) is 5.11 Å². The highest BCUT2D eigenvalue weighted by molar-refractivity contribution is 5.73. The van der Waals surface area contributed by atoms with Crippen molar-refractivity contribution in [2.75, 3.05) is 0 Å². The second-order valence-corrected chi connectivity index (χ2v) is 3.27. The van der Waals surface area contributed by atoms with E-state index >= 15 is 0 Å². The Morgan fingerprint density at radius 3 is 2.33 bits per heavy atom. The van der Waals surface area contributed by atoms with Gasteiger partial charge in [0, 0.05) is 5.92 Å². The van der Waals surface area contributed by atoms with Crippen molar-refractivity contribution in [3.8, 4) is 0 Å². The molecule has 0 amide bonds. The molecule has 1 heteroatoms. The van der Waals surface area contributed by atoms with Gasteiger partial charge in [0.25, 0.3) is 0 Å². The van der Waals surface area contributed by atoms with E-state index in [-0.39, 0.29) is 6.10 Å². The maximum absolute atomic E-state index is 9.27. The van der Waals surface area contributed by atoms with Crippen molar-refractivity contribution < 1.29 is 5.11 Å². The van der Waals surface area contributed by atoms with Gasteiger partial charge in [-0.15, -0.1) is 0 Å². The summed E-state index contributed by atoms with van der Waals surface area (Å²) in [5, 5.41) is 9.27. The molecule has 12 heavy (non-hydrogen) atoms. The Hall–Kier alpha value is -1.08. The number of hydrogen-bond acceptors (Lipinski definition) is 1.